The molecule has 0 saturated heterocycles. The molecule has 0 N–H and O–H groups in total. The molecule has 0 spiro atoms. The first-order valence-electron chi connectivity index (χ1n) is 9.65. The Morgan fingerprint density at radius 3 is 2.89 bits per heavy atom. The normalized spacial score (nSPS) is 14.0. The highest BCUT2D eigenvalue weighted by Crippen LogP contribution is 2.34. The predicted molar refractivity (Wildman–Crippen MR) is 108 cm³/mol. The first-order valence-corrected chi connectivity index (χ1v) is 11.5. The Labute approximate surface area is 166 Å². The van der Waals surface area contributed by atoms with E-state index in [1.165, 1.54) is 23.3 Å². The van der Waals surface area contributed by atoms with Crippen molar-refractivity contribution in [1.82, 2.24) is 29.8 Å². The van der Waals surface area contributed by atoms with Crippen LogP contribution in [0.15, 0.2) is 9.95 Å². The molecule has 3 aromatic rings. The highest BCUT2D eigenvalue weighted by atomic mass is 32.2. The zero-order valence-electron chi connectivity index (χ0n) is 15.8. The van der Waals surface area contributed by atoms with Crippen molar-refractivity contribution < 1.29 is 0 Å². The van der Waals surface area contributed by atoms with E-state index in [2.05, 4.69) is 22.4 Å². The van der Waals surface area contributed by atoms with Crippen molar-refractivity contribution in [2.75, 3.05) is 0 Å². The van der Waals surface area contributed by atoms with Crippen molar-refractivity contribution in [2.24, 2.45) is 0 Å². The van der Waals surface area contributed by atoms with E-state index >= 15 is 0 Å². The van der Waals surface area contributed by atoms with Crippen LogP contribution < -0.4 is 5.56 Å². The van der Waals surface area contributed by atoms with Gasteiger partial charge in [0.25, 0.3) is 5.56 Å². The summed E-state index contributed by atoms with van der Waals surface area (Å²) in [6, 6.07) is 0. The van der Waals surface area contributed by atoms with Gasteiger partial charge < -0.3 is 0 Å². The van der Waals surface area contributed by atoms with E-state index in [4.69, 9.17) is 4.98 Å². The molecule has 0 amide bonds. The van der Waals surface area contributed by atoms with Gasteiger partial charge in [0, 0.05) is 18.0 Å². The van der Waals surface area contributed by atoms with E-state index in [-0.39, 0.29) is 5.56 Å². The van der Waals surface area contributed by atoms with Crippen LogP contribution in [0.4, 0.5) is 0 Å². The molecule has 0 aromatic carbocycles. The van der Waals surface area contributed by atoms with Crippen molar-refractivity contribution in [2.45, 2.75) is 76.4 Å². The summed E-state index contributed by atoms with van der Waals surface area (Å²) in [5.74, 6) is 1.44. The van der Waals surface area contributed by atoms with Crippen molar-refractivity contribution in [3.05, 3.63) is 26.6 Å². The molecular formula is C18H24N6OS2. The summed E-state index contributed by atoms with van der Waals surface area (Å²) in [5, 5.41) is 13.6. The van der Waals surface area contributed by atoms with E-state index in [1.807, 2.05) is 11.6 Å². The zero-order chi connectivity index (χ0) is 18.8. The standard InChI is InChI=1S/C18H24N6OS2/c1-3-5-10-24-14(20-21-22-24)11-26-18-19-16-15(17(25)23(18)4-2)12-8-6-7-9-13(12)27-16/h3-11H2,1-2H3. The zero-order valence-corrected chi connectivity index (χ0v) is 17.4. The van der Waals surface area contributed by atoms with Crippen molar-refractivity contribution in [3.8, 4) is 0 Å². The molecule has 7 nitrogen and oxygen atoms in total. The van der Waals surface area contributed by atoms with Crippen LogP contribution in [0.2, 0.25) is 0 Å². The topological polar surface area (TPSA) is 78.5 Å². The van der Waals surface area contributed by atoms with Crippen molar-refractivity contribution in [1.29, 1.82) is 0 Å². The summed E-state index contributed by atoms with van der Waals surface area (Å²) in [7, 11) is 0. The van der Waals surface area contributed by atoms with Crippen LogP contribution in [0, 0.1) is 0 Å². The number of aromatic nitrogens is 6. The molecule has 1 aliphatic rings. The lowest BCUT2D eigenvalue weighted by Gasteiger charge is -2.12. The molecule has 3 aromatic heterocycles. The molecule has 0 unspecified atom stereocenters. The molecule has 144 valence electrons. The summed E-state index contributed by atoms with van der Waals surface area (Å²) in [4.78, 5) is 20.3. The maximum absolute atomic E-state index is 13.2. The molecule has 9 heteroatoms. The van der Waals surface area contributed by atoms with E-state index in [1.54, 1.807) is 27.7 Å². The average molecular weight is 405 g/mol. The molecule has 1 aliphatic carbocycles. The van der Waals surface area contributed by atoms with E-state index in [0.717, 1.165) is 53.4 Å². The lowest BCUT2D eigenvalue weighted by atomic mass is 9.97. The third kappa shape index (κ3) is 3.54. The number of unbranched alkanes of at least 4 members (excludes halogenated alkanes) is 1. The van der Waals surface area contributed by atoms with Gasteiger partial charge in [-0.25, -0.2) is 9.67 Å². The number of thiophene rings is 1. The van der Waals surface area contributed by atoms with Gasteiger partial charge in [0.15, 0.2) is 11.0 Å². The first kappa shape index (κ1) is 18.6. The number of aryl methyl sites for hydroxylation is 3. The third-order valence-electron chi connectivity index (χ3n) is 5.02. The van der Waals surface area contributed by atoms with Crippen LogP contribution in [-0.2, 0) is 31.7 Å². The summed E-state index contributed by atoms with van der Waals surface area (Å²) in [6.45, 7) is 5.60. The Morgan fingerprint density at radius 1 is 1.22 bits per heavy atom. The molecule has 0 atom stereocenters. The molecule has 0 saturated carbocycles. The fraction of sp³-hybridized carbons (Fsp3) is 0.611. The van der Waals surface area contributed by atoms with Crippen LogP contribution in [0.1, 0.15) is 55.8 Å². The van der Waals surface area contributed by atoms with Gasteiger partial charge in [0.1, 0.15) is 4.83 Å². The van der Waals surface area contributed by atoms with Gasteiger partial charge in [-0.1, -0.05) is 25.1 Å². The van der Waals surface area contributed by atoms with Crippen LogP contribution in [0.3, 0.4) is 0 Å². The predicted octanol–water partition coefficient (Wildman–Crippen LogP) is 3.44. The fourth-order valence-corrected chi connectivity index (χ4v) is 5.84. The van der Waals surface area contributed by atoms with Crippen LogP contribution in [0.5, 0.6) is 0 Å². The molecule has 3 heterocycles. The summed E-state index contributed by atoms with van der Waals surface area (Å²) < 4.78 is 3.65. The summed E-state index contributed by atoms with van der Waals surface area (Å²) in [5.41, 5.74) is 1.36. The number of tetrazole rings is 1. The maximum atomic E-state index is 13.2. The minimum Gasteiger partial charge on any atom is -0.287 e. The van der Waals surface area contributed by atoms with Gasteiger partial charge >= 0.3 is 0 Å². The number of nitrogens with zero attached hydrogens (tertiary/aromatic N) is 6. The highest BCUT2D eigenvalue weighted by molar-refractivity contribution is 7.98. The lowest BCUT2D eigenvalue weighted by molar-refractivity contribution is 0.540. The molecular weight excluding hydrogens is 380 g/mol. The molecule has 27 heavy (non-hydrogen) atoms. The Hall–Kier alpha value is -1.74. The molecule has 0 radical (unpaired) electrons. The average Bonchev–Trinajstić information content (AvgIpc) is 3.28. The van der Waals surface area contributed by atoms with Gasteiger partial charge in [0.2, 0.25) is 0 Å². The van der Waals surface area contributed by atoms with Crippen molar-refractivity contribution in [3.63, 3.8) is 0 Å². The highest BCUT2D eigenvalue weighted by Gasteiger charge is 2.22. The van der Waals surface area contributed by atoms with Gasteiger partial charge in [-0.3, -0.25) is 9.36 Å². The Balaban J connectivity index is 1.66. The number of thioether (sulfide) groups is 1. The van der Waals surface area contributed by atoms with Gasteiger partial charge in [-0.2, -0.15) is 0 Å². The Kier molecular flexibility index (Phi) is 5.58. The smallest absolute Gasteiger partial charge is 0.263 e. The Morgan fingerprint density at radius 2 is 2.07 bits per heavy atom. The minimum absolute atomic E-state index is 0.106. The SMILES string of the molecule is CCCCn1nnnc1CSc1nc2sc3c(c2c(=O)n1CC)CCCC3. The van der Waals surface area contributed by atoms with Crippen LogP contribution in [-0.4, -0.2) is 29.8 Å². The maximum Gasteiger partial charge on any atom is 0.263 e. The fourth-order valence-electron chi connectivity index (χ4n) is 3.55. The lowest BCUT2D eigenvalue weighted by Crippen LogP contribution is -2.23. The largest absolute Gasteiger partial charge is 0.287 e. The number of fused-ring (bicyclic) bond motifs is 3. The molecule has 0 bridgehead atoms. The minimum atomic E-state index is 0.106. The summed E-state index contributed by atoms with van der Waals surface area (Å²) >= 11 is 3.25. The number of hydrogen-bond donors (Lipinski definition) is 0. The number of hydrogen-bond acceptors (Lipinski definition) is 7. The second kappa shape index (κ2) is 8.10. The second-order valence-electron chi connectivity index (χ2n) is 6.80. The van der Waals surface area contributed by atoms with Gasteiger partial charge in [0.05, 0.1) is 11.1 Å². The first-order chi connectivity index (χ1) is 13.2. The second-order valence-corrected chi connectivity index (χ2v) is 8.82. The van der Waals surface area contributed by atoms with Gasteiger partial charge in [-0.05, 0) is 55.0 Å². The summed E-state index contributed by atoms with van der Waals surface area (Å²) in [6.07, 6.45) is 6.62. The monoisotopic (exact) mass is 404 g/mol. The Bertz CT molecular complexity index is 1010. The van der Waals surface area contributed by atoms with Gasteiger partial charge in [-0.15, -0.1) is 16.4 Å². The third-order valence-corrected chi connectivity index (χ3v) is 7.17. The van der Waals surface area contributed by atoms with E-state index < -0.39 is 0 Å². The van der Waals surface area contributed by atoms with E-state index in [0.29, 0.717) is 12.3 Å². The number of rotatable bonds is 7. The van der Waals surface area contributed by atoms with Crippen LogP contribution >= 0.6 is 23.1 Å². The molecule has 0 aliphatic heterocycles. The molecule has 0 fully saturated rings. The van der Waals surface area contributed by atoms with Crippen LogP contribution in [0.25, 0.3) is 10.2 Å². The van der Waals surface area contributed by atoms with Crippen molar-refractivity contribution >= 4 is 33.3 Å². The molecule has 4 rings (SSSR count). The quantitative estimate of drug-likeness (QED) is 0.443. The van der Waals surface area contributed by atoms with E-state index in [9.17, 15) is 4.79 Å².